The third-order valence-electron chi connectivity index (χ3n) is 5.99. The van der Waals surface area contributed by atoms with E-state index in [1.54, 1.807) is 18.2 Å². The van der Waals surface area contributed by atoms with Gasteiger partial charge in [0.2, 0.25) is 15.8 Å². The van der Waals surface area contributed by atoms with Gasteiger partial charge in [-0.3, -0.25) is 0 Å². The molecule has 0 aliphatic carbocycles. The summed E-state index contributed by atoms with van der Waals surface area (Å²) in [5.74, 6) is -1.56. The predicted octanol–water partition coefficient (Wildman–Crippen LogP) is -1.17. The number of benzene rings is 2. The van der Waals surface area contributed by atoms with E-state index < -0.39 is 47.0 Å². The zero-order chi connectivity index (χ0) is 25.0. The van der Waals surface area contributed by atoms with Gasteiger partial charge in [-0.25, -0.2) is 42.6 Å². The number of primary sulfonamides is 1. The van der Waals surface area contributed by atoms with Crippen molar-refractivity contribution in [3.05, 3.63) is 41.7 Å². The number of rotatable bonds is 6. The number of hydrogen-bond acceptors (Lipinski definition) is 11. The number of nitrogens with one attached hydrogen (secondary N) is 6. The number of fused-ring (bicyclic) bond motifs is 1. The van der Waals surface area contributed by atoms with E-state index in [1.807, 2.05) is 0 Å². The topological polar surface area (TPSA) is 220 Å². The molecule has 2 saturated heterocycles. The summed E-state index contributed by atoms with van der Waals surface area (Å²) >= 11 is 0. The van der Waals surface area contributed by atoms with Crippen molar-refractivity contribution in [2.45, 2.75) is 27.6 Å². The van der Waals surface area contributed by atoms with Crippen molar-refractivity contribution in [3.63, 3.8) is 0 Å². The molecule has 3 heterocycles. The molecule has 2 aliphatic heterocycles. The van der Waals surface area contributed by atoms with Crippen LogP contribution in [0.15, 0.2) is 40.1 Å². The number of carboxylic acids is 1. The van der Waals surface area contributed by atoms with Crippen molar-refractivity contribution in [2.75, 3.05) is 13.1 Å². The quantitative estimate of drug-likeness (QED) is 0.192. The number of carbonyl (C=O) groups is 1. The number of H-pyrrole nitrogens is 1. The largest absolute Gasteiger partial charge is 0.475 e. The van der Waals surface area contributed by atoms with Crippen LogP contribution >= 0.6 is 0 Å². The molecule has 0 unspecified atom stereocenters. The molecule has 0 saturated carbocycles. The summed E-state index contributed by atoms with van der Waals surface area (Å²) in [7, 11) is -8.63. The second-order valence-corrected chi connectivity index (χ2v) is 11.8. The maximum Gasteiger partial charge on any atom is 0.371 e. The Bertz CT molecular complexity index is 1540. The number of para-hydroxylation sites is 1. The van der Waals surface area contributed by atoms with Gasteiger partial charge in [-0.05, 0) is 30.7 Å². The predicted molar refractivity (Wildman–Crippen MR) is 124 cm³/mol. The Kier molecular flexibility index (Phi) is 5.85. The van der Waals surface area contributed by atoms with E-state index in [4.69, 9.17) is 5.14 Å². The highest BCUT2D eigenvalue weighted by atomic mass is 32.2. The smallest absolute Gasteiger partial charge is 0.371 e. The Labute approximate surface area is 199 Å². The first-order valence-corrected chi connectivity index (χ1v) is 13.6. The molecule has 9 N–H and O–H groups in total. The molecular weight excluding hydrogens is 500 g/mol. The molecule has 1 atom stereocenters. The minimum atomic E-state index is -4.56. The van der Waals surface area contributed by atoms with Crippen molar-refractivity contribution in [3.8, 4) is 11.1 Å². The molecule has 0 radical (unpaired) electrons. The lowest BCUT2D eigenvalue weighted by molar-refractivity contribution is 0.0685. The molecule has 5 rings (SSSR count). The molecule has 0 amide bonds. The number of hydrazine groups is 3. The van der Waals surface area contributed by atoms with Gasteiger partial charge >= 0.3 is 5.97 Å². The number of aromatic nitrogens is 2. The molecule has 2 fully saturated rings. The van der Waals surface area contributed by atoms with E-state index in [2.05, 4.69) is 37.2 Å². The van der Waals surface area contributed by atoms with Crippen molar-refractivity contribution in [1.29, 1.82) is 0 Å². The fraction of sp³-hybridized carbons (Fsp3) is 0.263. The Morgan fingerprint density at radius 3 is 2.43 bits per heavy atom. The van der Waals surface area contributed by atoms with Crippen LogP contribution in [0.3, 0.4) is 0 Å². The molecule has 35 heavy (non-hydrogen) atoms. The van der Waals surface area contributed by atoms with E-state index in [-0.39, 0.29) is 23.4 Å². The lowest BCUT2D eigenvalue weighted by atomic mass is 9.96. The van der Waals surface area contributed by atoms with Crippen molar-refractivity contribution in [2.24, 2.45) is 5.14 Å². The van der Waals surface area contributed by atoms with Gasteiger partial charge in [0.05, 0.1) is 21.2 Å². The van der Waals surface area contributed by atoms with Gasteiger partial charge in [0.15, 0.2) is 9.84 Å². The fourth-order valence-electron chi connectivity index (χ4n) is 4.44. The van der Waals surface area contributed by atoms with Crippen LogP contribution < -0.4 is 32.4 Å². The van der Waals surface area contributed by atoms with Crippen molar-refractivity contribution >= 4 is 36.9 Å². The molecule has 0 spiro atoms. The van der Waals surface area contributed by atoms with Crippen LogP contribution in [0.4, 0.5) is 0 Å². The maximum atomic E-state index is 13.5. The molecule has 14 nitrogen and oxygen atoms in total. The highest BCUT2D eigenvalue weighted by molar-refractivity contribution is 7.94. The fourth-order valence-corrected chi connectivity index (χ4v) is 7.77. The summed E-state index contributed by atoms with van der Waals surface area (Å²) in [6.45, 7) is 0.684. The first-order valence-electron chi connectivity index (χ1n) is 10.5. The molecule has 1 aromatic heterocycles. The van der Waals surface area contributed by atoms with Gasteiger partial charge < -0.3 is 15.4 Å². The van der Waals surface area contributed by atoms with E-state index in [1.165, 1.54) is 12.1 Å². The van der Waals surface area contributed by atoms with E-state index in [9.17, 15) is 26.7 Å². The average Bonchev–Trinajstić information content (AvgIpc) is 3.58. The zero-order valence-electron chi connectivity index (χ0n) is 18.0. The third kappa shape index (κ3) is 4.09. The Morgan fingerprint density at radius 2 is 1.80 bits per heavy atom. The first kappa shape index (κ1) is 23.8. The summed E-state index contributed by atoms with van der Waals surface area (Å²) in [4.78, 5) is 17.4. The first-order chi connectivity index (χ1) is 16.6. The van der Waals surface area contributed by atoms with Crippen LogP contribution in [0.5, 0.6) is 0 Å². The Hall–Kier alpha value is -2.96. The molecule has 2 aromatic carbocycles. The minimum Gasteiger partial charge on any atom is -0.475 e. The summed E-state index contributed by atoms with van der Waals surface area (Å²) in [5, 5.41) is 17.1. The lowest BCUT2D eigenvalue weighted by Gasteiger charge is -2.22. The number of hydrogen-bond donors (Lipinski definition) is 8. The molecule has 16 heteroatoms. The van der Waals surface area contributed by atoms with Crippen LogP contribution in [0.1, 0.15) is 28.8 Å². The average molecular weight is 523 g/mol. The Balaban J connectivity index is 1.84. The normalized spacial score (nSPS) is 19.5. The Morgan fingerprint density at radius 1 is 1.06 bits per heavy atom. The molecule has 186 valence electrons. The van der Waals surface area contributed by atoms with Crippen LogP contribution in [-0.2, 0) is 19.9 Å². The maximum absolute atomic E-state index is 13.5. The van der Waals surface area contributed by atoms with E-state index in [0.717, 1.165) is 0 Å². The third-order valence-corrected chi connectivity index (χ3v) is 9.37. The second kappa shape index (κ2) is 8.61. The van der Waals surface area contributed by atoms with Gasteiger partial charge in [0, 0.05) is 17.7 Å². The van der Waals surface area contributed by atoms with Gasteiger partial charge in [-0.2, -0.15) is 11.1 Å². The van der Waals surface area contributed by atoms with Crippen LogP contribution in [0.25, 0.3) is 22.2 Å². The number of sulfone groups is 1. The van der Waals surface area contributed by atoms with E-state index in [0.29, 0.717) is 29.6 Å². The van der Waals surface area contributed by atoms with Crippen LogP contribution in [0.2, 0.25) is 0 Å². The van der Waals surface area contributed by atoms with Crippen LogP contribution in [-0.4, -0.2) is 56.2 Å². The molecule has 0 bridgehead atoms. The number of carboxylic acid groups (broad SMARTS) is 1. The number of nitrogens with zero attached hydrogens (tertiary/aromatic N) is 1. The van der Waals surface area contributed by atoms with Gasteiger partial charge in [-0.15, -0.1) is 0 Å². The monoisotopic (exact) mass is 522 g/mol. The summed E-state index contributed by atoms with van der Waals surface area (Å²) in [6.07, 6.45) is -0.597. The van der Waals surface area contributed by atoms with Gasteiger partial charge in [0.25, 0.3) is 0 Å². The van der Waals surface area contributed by atoms with Crippen molar-refractivity contribution in [1.82, 2.24) is 37.2 Å². The van der Waals surface area contributed by atoms with E-state index >= 15 is 0 Å². The highest BCUT2D eigenvalue weighted by Gasteiger charge is 2.38. The number of sulfonamides is 1. The molecule has 3 aromatic rings. The standard InChI is InChI=1S/C19H22N8O6S2/c20-35(32,33)16-13(34(30,31)9-6-7-21-8-9)5-4-10(14(16)17-24-26-27-25-17)11-2-1-3-12-15(11)23-18(22-12)19(28)29/h1-5,9,17,21,24-27H,6-8H2,(H,22,23)(H,28,29)(H2,20,32,33)/t9-/m0/s1. The molecular formula is C19H22N8O6S2. The summed E-state index contributed by atoms with van der Waals surface area (Å²) < 4.78 is 52.9. The SMILES string of the molecule is NS(=O)(=O)c1c(S(=O)(=O)[C@H]2CCNC2)ccc(-c2cccc3[nH]c(C(=O)O)nc23)c1C1NNNN1. The van der Waals surface area contributed by atoms with Gasteiger partial charge in [0.1, 0.15) is 11.1 Å². The lowest BCUT2D eigenvalue weighted by Crippen LogP contribution is -2.33. The summed E-state index contributed by atoms with van der Waals surface area (Å²) in [5.41, 5.74) is 12.1. The second-order valence-electron chi connectivity index (χ2n) is 8.12. The number of nitrogens with two attached hydrogens (primary N) is 1. The summed E-state index contributed by atoms with van der Waals surface area (Å²) in [6, 6.07) is 7.60. The van der Waals surface area contributed by atoms with Crippen LogP contribution in [0, 0.1) is 0 Å². The number of imidazole rings is 1. The number of aromatic amines is 1. The molecule has 2 aliphatic rings. The van der Waals surface area contributed by atoms with Crippen molar-refractivity contribution < 1.29 is 26.7 Å². The zero-order valence-corrected chi connectivity index (χ0v) is 19.6. The highest BCUT2D eigenvalue weighted by Crippen LogP contribution is 2.40. The number of aromatic carboxylic acids is 1. The van der Waals surface area contributed by atoms with Gasteiger partial charge in [-0.1, -0.05) is 18.2 Å². The minimum absolute atomic E-state index is 0.0319.